The molecule has 2 aliphatic heterocycles. The summed E-state index contributed by atoms with van der Waals surface area (Å²) in [4.78, 5) is 16.8. The minimum atomic E-state index is -0.0358. The number of urea groups is 1. The number of likely N-dealkylation sites (tertiary alicyclic amines) is 1. The quantitative estimate of drug-likeness (QED) is 0.731. The van der Waals surface area contributed by atoms with Crippen LogP contribution in [0.3, 0.4) is 0 Å². The molecule has 1 aromatic rings. The van der Waals surface area contributed by atoms with Crippen LogP contribution >= 0.6 is 11.6 Å². The van der Waals surface area contributed by atoms with Crippen LogP contribution in [0.25, 0.3) is 0 Å². The Labute approximate surface area is 155 Å². The van der Waals surface area contributed by atoms with Gasteiger partial charge < -0.3 is 20.4 Å². The predicted molar refractivity (Wildman–Crippen MR) is 103 cm³/mol. The van der Waals surface area contributed by atoms with E-state index in [1.54, 1.807) is 0 Å². The molecule has 0 bridgehead atoms. The van der Waals surface area contributed by atoms with Gasteiger partial charge in [0, 0.05) is 36.9 Å². The maximum Gasteiger partial charge on any atom is 0.314 e. The van der Waals surface area contributed by atoms with Crippen LogP contribution in [0.2, 0.25) is 5.02 Å². The fourth-order valence-corrected chi connectivity index (χ4v) is 3.82. The Hall–Kier alpha value is -1.46. The van der Waals surface area contributed by atoms with Crippen molar-refractivity contribution in [2.75, 3.05) is 50.7 Å². The first-order valence-corrected chi connectivity index (χ1v) is 9.83. The van der Waals surface area contributed by atoms with Crippen LogP contribution in [0.5, 0.6) is 0 Å². The second-order valence-electron chi connectivity index (χ2n) is 7.12. The molecule has 6 heteroatoms. The van der Waals surface area contributed by atoms with Crippen LogP contribution in [0.15, 0.2) is 24.3 Å². The number of carbonyl (C=O) groups excluding carboxylic acids is 1. The number of hydrogen-bond acceptors (Lipinski definition) is 3. The van der Waals surface area contributed by atoms with E-state index in [0.717, 1.165) is 50.6 Å². The lowest BCUT2D eigenvalue weighted by atomic mass is 10.1. The molecule has 0 spiro atoms. The minimum absolute atomic E-state index is 0.0358. The number of halogens is 1. The van der Waals surface area contributed by atoms with Crippen molar-refractivity contribution in [3.05, 3.63) is 29.3 Å². The molecule has 138 valence electrons. The highest BCUT2D eigenvalue weighted by Gasteiger charge is 2.23. The third-order valence-corrected chi connectivity index (χ3v) is 5.42. The second-order valence-corrected chi connectivity index (χ2v) is 7.55. The van der Waals surface area contributed by atoms with E-state index in [-0.39, 0.29) is 6.03 Å². The van der Waals surface area contributed by atoms with Gasteiger partial charge in [0.15, 0.2) is 0 Å². The van der Waals surface area contributed by atoms with E-state index in [2.05, 4.69) is 32.6 Å². The summed E-state index contributed by atoms with van der Waals surface area (Å²) in [5, 5.41) is 6.76. The molecule has 3 rings (SSSR count). The first-order chi connectivity index (χ1) is 12.2. The molecule has 2 saturated heterocycles. The van der Waals surface area contributed by atoms with Gasteiger partial charge in [-0.1, -0.05) is 11.6 Å². The van der Waals surface area contributed by atoms with Crippen LogP contribution < -0.4 is 15.5 Å². The van der Waals surface area contributed by atoms with Crippen LogP contribution in [0, 0.1) is 5.92 Å². The van der Waals surface area contributed by atoms with Crippen molar-refractivity contribution in [1.82, 2.24) is 15.5 Å². The lowest BCUT2D eigenvalue weighted by Gasteiger charge is -2.19. The summed E-state index contributed by atoms with van der Waals surface area (Å²) in [5.74, 6) is 0.506. The largest absolute Gasteiger partial charge is 0.371 e. The first-order valence-electron chi connectivity index (χ1n) is 9.45. The van der Waals surface area contributed by atoms with Crippen molar-refractivity contribution in [2.24, 2.45) is 5.92 Å². The van der Waals surface area contributed by atoms with E-state index >= 15 is 0 Å². The smallest absolute Gasteiger partial charge is 0.314 e. The summed E-state index contributed by atoms with van der Waals surface area (Å²) in [5.41, 5.74) is 1.21. The molecule has 1 atom stereocenters. The third kappa shape index (κ3) is 5.79. The van der Waals surface area contributed by atoms with E-state index in [1.165, 1.54) is 31.6 Å². The van der Waals surface area contributed by atoms with Gasteiger partial charge >= 0.3 is 6.03 Å². The molecule has 0 aromatic heterocycles. The van der Waals surface area contributed by atoms with E-state index in [1.807, 2.05) is 12.1 Å². The molecule has 1 unspecified atom stereocenters. The molecule has 2 aliphatic rings. The zero-order valence-corrected chi connectivity index (χ0v) is 15.6. The fourth-order valence-electron chi connectivity index (χ4n) is 3.70. The summed E-state index contributed by atoms with van der Waals surface area (Å²) in [6, 6.07) is 7.94. The van der Waals surface area contributed by atoms with Crippen LogP contribution in [0.4, 0.5) is 10.5 Å². The van der Waals surface area contributed by atoms with Crippen molar-refractivity contribution in [2.45, 2.75) is 25.7 Å². The molecule has 5 nitrogen and oxygen atoms in total. The highest BCUT2D eigenvalue weighted by Crippen LogP contribution is 2.24. The van der Waals surface area contributed by atoms with E-state index < -0.39 is 0 Å². The Balaban J connectivity index is 1.28. The summed E-state index contributed by atoms with van der Waals surface area (Å²) in [6.45, 7) is 7.04. The summed E-state index contributed by atoms with van der Waals surface area (Å²) in [6.07, 6.45) is 4.78. The van der Waals surface area contributed by atoms with Crippen LogP contribution in [0.1, 0.15) is 25.7 Å². The predicted octanol–water partition coefficient (Wildman–Crippen LogP) is 2.95. The Morgan fingerprint density at radius 1 is 1.12 bits per heavy atom. The number of amides is 2. The number of rotatable bonds is 7. The first kappa shape index (κ1) is 18.3. The van der Waals surface area contributed by atoms with Crippen LogP contribution in [-0.2, 0) is 0 Å². The van der Waals surface area contributed by atoms with Gasteiger partial charge in [0.2, 0.25) is 0 Å². The lowest BCUT2D eigenvalue weighted by molar-refractivity contribution is 0.238. The molecule has 2 fully saturated rings. The Kier molecular flexibility index (Phi) is 6.82. The standard InChI is InChI=1S/C19H29ClN4O/c20-17-4-6-18(7-5-17)24-13-8-16(15-24)14-22-19(25)21-9-3-12-23-10-1-2-11-23/h4-7,16H,1-3,8-15H2,(H2,21,22,25). The number of hydrogen-bond donors (Lipinski definition) is 2. The number of nitrogens with one attached hydrogen (secondary N) is 2. The highest BCUT2D eigenvalue weighted by molar-refractivity contribution is 6.30. The van der Waals surface area contributed by atoms with Gasteiger partial charge in [0.1, 0.15) is 0 Å². The van der Waals surface area contributed by atoms with Crippen LogP contribution in [-0.4, -0.2) is 56.7 Å². The third-order valence-electron chi connectivity index (χ3n) is 5.16. The number of carbonyl (C=O) groups is 1. The van der Waals surface area contributed by atoms with Gasteiger partial charge in [-0.05, 0) is 75.5 Å². The Morgan fingerprint density at radius 2 is 1.88 bits per heavy atom. The van der Waals surface area contributed by atoms with Crippen molar-refractivity contribution < 1.29 is 4.79 Å². The van der Waals surface area contributed by atoms with Crippen molar-refractivity contribution >= 4 is 23.3 Å². The van der Waals surface area contributed by atoms with Gasteiger partial charge in [-0.25, -0.2) is 4.79 Å². The lowest BCUT2D eigenvalue weighted by Crippen LogP contribution is -2.39. The van der Waals surface area contributed by atoms with Gasteiger partial charge in [0.05, 0.1) is 0 Å². The summed E-state index contributed by atoms with van der Waals surface area (Å²) in [7, 11) is 0. The molecule has 25 heavy (non-hydrogen) atoms. The van der Waals surface area contributed by atoms with E-state index in [9.17, 15) is 4.79 Å². The normalized spacial score (nSPS) is 20.8. The van der Waals surface area contributed by atoms with Gasteiger partial charge in [-0.3, -0.25) is 0 Å². The molecule has 0 saturated carbocycles. The molecule has 0 aliphatic carbocycles. The van der Waals surface area contributed by atoms with E-state index in [4.69, 9.17) is 11.6 Å². The topological polar surface area (TPSA) is 47.6 Å². The monoisotopic (exact) mass is 364 g/mol. The molecule has 2 amide bonds. The summed E-state index contributed by atoms with van der Waals surface area (Å²) < 4.78 is 0. The number of anilines is 1. The SMILES string of the molecule is O=C(NCCCN1CCCC1)NCC1CCN(c2ccc(Cl)cc2)C1. The summed E-state index contributed by atoms with van der Waals surface area (Å²) >= 11 is 5.94. The zero-order chi connectivity index (χ0) is 17.5. The highest BCUT2D eigenvalue weighted by atomic mass is 35.5. The van der Waals surface area contributed by atoms with E-state index in [0.29, 0.717) is 5.92 Å². The molecule has 2 N–H and O–H groups in total. The average Bonchev–Trinajstić information content (AvgIpc) is 3.29. The number of benzene rings is 1. The molecule has 0 radical (unpaired) electrons. The Morgan fingerprint density at radius 3 is 2.64 bits per heavy atom. The van der Waals surface area contributed by atoms with Gasteiger partial charge in [0.25, 0.3) is 0 Å². The van der Waals surface area contributed by atoms with Crippen molar-refractivity contribution in [1.29, 1.82) is 0 Å². The minimum Gasteiger partial charge on any atom is -0.371 e. The maximum atomic E-state index is 11.9. The fraction of sp³-hybridized carbons (Fsp3) is 0.632. The zero-order valence-electron chi connectivity index (χ0n) is 14.8. The molecule has 1 aromatic carbocycles. The Bertz CT molecular complexity index is 545. The van der Waals surface area contributed by atoms with Gasteiger partial charge in [-0.2, -0.15) is 0 Å². The van der Waals surface area contributed by atoms with Crippen molar-refractivity contribution in [3.63, 3.8) is 0 Å². The maximum absolute atomic E-state index is 11.9. The molecule has 2 heterocycles. The average molecular weight is 365 g/mol. The van der Waals surface area contributed by atoms with Gasteiger partial charge in [-0.15, -0.1) is 0 Å². The second kappa shape index (κ2) is 9.30. The molecular formula is C19H29ClN4O. The number of nitrogens with zero attached hydrogens (tertiary/aromatic N) is 2. The molecular weight excluding hydrogens is 336 g/mol. The van der Waals surface area contributed by atoms with Crippen molar-refractivity contribution in [3.8, 4) is 0 Å².